The van der Waals surface area contributed by atoms with Crippen LogP contribution in [0.1, 0.15) is 19.4 Å². The van der Waals surface area contributed by atoms with Crippen LogP contribution in [0, 0.1) is 12.8 Å². The average Bonchev–Trinajstić information content (AvgIpc) is 2.43. The lowest BCUT2D eigenvalue weighted by atomic mass is 10.2. The fourth-order valence-electron chi connectivity index (χ4n) is 1.77. The van der Waals surface area contributed by atoms with Crippen LogP contribution in [0.2, 0.25) is 0 Å². The van der Waals surface area contributed by atoms with Crippen LogP contribution >= 0.6 is 0 Å². The predicted octanol–water partition coefficient (Wildman–Crippen LogP) is 4.33. The van der Waals surface area contributed by atoms with Gasteiger partial charge in [-0.05, 0) is 31.2 Å². The Bertz CT molecular complexity index is 588. The minimum atomic E-state index is -0.0394. The monoisotopic (exact) mass is 268 g/mol. The minimum Gasteiger partial charge on any atom is -0.354 e. The first-order valence-corrected chi connectivity index (χ1v) is 6.80. The molecule has 2 aromatic carbocycles. The molecule has 0 saturated carbocycles. The number of hydrogen-bond acceptors (Lipinski definition) is 2. The van der Waals surface area contributed by atoms with E-state index in [-0.39, 0.29) is 11.8 Å². The van der Waals surface area contributed by atoms with Gasteiger partial charge in [0.2, 0.25) is 5.91 Å². The van der Waals surface area contributed by atoms with E-state index in [2.05, 4.69) is 29.7 Å². The topological polar surface area (TPSA) is 41.1 Å². The molecule has 2 N–H and O–H groups in total. The van der Waals surface area contributed by atoms with Crippen LogP contribution in [-0.2, 0) is 4.79 Å². The zero-order valence-corrected chi connectivity index (χ0v) is 12.1. The van der Waals surface area contributed by atoms with Crippen LogP contribution in [0.5, 0.6) is 0 Å². The molecule has 0 aromatic heterocycles. The van der Waals surface area contributed by atoms with Gasteiger partial charge < -0.3 is 10.6 Å². The van der Waals surface area contributed by atoms with Crippen molar-refractivity contribution in [3.8, 4) is 0 Å². The van der Waals surface area contributed by atoms with Gasteiger partial charge >= 0.3 is 0 Å². The zero-order valence-electron chi connectivity index (χ0n) is 12.1. The van der Waals surface area contributed by atoms with Crippen LogP contribution in [0.25, 0.3) is 0 Å². The molecule has 0 fully saturated rings. The number of hydrogen-bond donors (Lipinski definition) is 2. The van der Waals surface area contributed by atoms with Crippen molar-refractivity contribution in [3.63, 3.8) is 0 Å². The third-order valence-corrected chi connectivity index (χ3v) is 3.04. The maximum Gasteiger partial charge on any atom is 0.226 e. The molecule has 0 aliphatic carbocycles. The van der Waals surface area contributed by atoms with E-state index in [4.69, 9.17) is 0 Å². The highest BCUT2D eigenvalue weighted by molar-refractivity contribution is 5.95. The molecule has 0 radical (unpaired) electrons. The summed E-state index contributed by atoms with van der Waals surface area (Å²) in [5.41, 5.74) is 3.91. The Morgan fingerprint density at radius 3 is 2.15 bits per heavy atom. The SMILES string of the molecule is Cc1ccc(Nc2ccccc2NC(=O)C(C)C)cc1. The smallest absolute Gasteiger partial charge is 0.226 e. The van der Waals surface area contributed by atoms with Gasteiger partial charge in [0.1, 0.15) is 0 Å². The molecular formula is C17H20N2O. The first kappa shape index (κ1) is 14.1. The highest BCUT2D eigenvalue weighted by Gasteiger charge is 2.09. The Hall–Kier alpha value is -2.29. The number of carbonyl (C=O) groups excluding carboxylic acids is 1. The highest BCUT2D eigenvalue weighted by atomic mass is 16.1. The van der Waals surface area contributed by atoms with Crippen LogP contribution < -0.4 is 10.6 Å². The third kappa shape index (κ3) is 3.60. The van der Waals surface area contributed by atoms with Gasteiger partial charge in [-0.1, -0.05) is 43.7 Å². The number of anilines is 3. The van der Waals surface area contributed by atoms with E-state index in [9.17, 15) is 4.79 Å². The van der Waals surface area contributed by atoms with Crippen LogP contribution in [0.15, 0.2) is 48.5 Å². The lowest BCUT2D eigenvalue weighted by Crippen LogP contribution is -2.18. The Balaban J connectivity index is 2.19. The van der Waals surface area contributed by atoms with Crippen LogP contribution in [0.4, 0.5) is 17.1 Å². The number of para-hydroxylation sites is 2. The molecular weight excluding hydrogens is 248 g/mol. The molecule has 0 atom stereocenters. The van der Waals surface area contributed by atoms with Crippen LogP contribution in [0.3, 0.4) is 0 Å². The molecule has 0 heterocycles. The van der Waals surface area contributed by atoms with Gasteiger partial charge in [0.05, 0.1) is 11.4 Å². The van der Waals surface area contributed by atoms with E-state index < -0.39 is 0 Å². The second-order valence-corrected chi connectivity index (χ2v) is 5.18. The van der Waals surface area contributed by atoms with Crippen molar-refractivity contribution in [3.05, 3.63) is 54.1 Å². The van der Waals surface area contributed by atoms with Crippen molar-refractivity contribution in [1.29, 1.82) is 0 Å². The van der Waals surface area contributed by atoms with Crippen molar-refractivity contribution in [2.45, 2.75) is 20.8 Å². The number of aryl methyl sites for hydroxylation is 1. The number of nitrogens with one attached hydrogen (secondary N) is 2. The first-order chi connectivity index (χ1) is 9.56. The summed E-state index contributed by atoms with van der Waals surface area (Å²) in [7, 11) is 0. The summed E-state index contributed by atoms with van der Waals surface area (Å²) in [5, 5.41) is 6.27. The Labute approximate surface area is 120 Å². The quantitative estimate of drug-likeness (QED) is 0.866. The summed E-state index contributed by atoms with van der Waals surface area (Å²) in [6, 6.07) is 15.9. The van der Waals surface area contributed by atoms with E-state index in [1.165, 1.54) is 5.56 Å². The molecule has 2 aromatic rings. The summed E-state index contributed by atoms with van der Waals surface area (Å²) >= 11 is 0. The number of benzene rings is 2. The molecule has 3 heteroatoms. The molecule has 104 valence electrons. The number of amides is 1. The van der Waals surface area contributed by atoms with Crippen molar-refractivity contribution in [2.24, 2.45) is 5.92 Å². The predicted molar refractivity (Wildman–Crippen MR) is 84.4 cm³/mol. The summed E-state index contributed by atoms with van der Waals surface area (Å²) in [4.78, 5) is 11.8. The molecule has 1 amide bonds. The standard InChI is InChI=1S/C17H20N2O/c1-12(2)17(20)19-16-7-5-4-6-15(16)18-14-10-8-13(3)9-11-14/h4-12,18H,1-3H3,(H,19,20). The lowest BCUT2D eigenvalue weighted by molar-refractivity contribution is -0.118. The molecule has 0 saturated heterocycles. The van der Waals surface area contributed by atoms with E-state index in [0.29, 0.717) is 0 Å². The fourth-order valence-corrected chi connectivity index (χ4v) is 1.77. The Kier molecular flexibility index (Phi) is 4.41. The van der Waals surface area contributed by atoms with Gasteiger partial charge in [-0.2, -0.15) is 0 Å². The van der Waals surface area contributed by atoms with Crippen molar-refractivity contribution in [1.82, 2.24) is 0 Å². The second-order valence-electron chi connectivity index (χ2n) is 5.18. The van der Waals surface area contributed by atoms with Gasteiger partial charge in [-0.25, -0.2) is 0 Å². The third-order valence-electron chi connectivity index (χ3n) is 3.04. The summed E-state index contributed by atoms with van der Waals surface area (Å²) in [6.07, 6.45) is 0. The van der Waals surface area contributed by atoms with E-state index in [0.717, 1.165) is 17.1 Å². The number of rotatable bonds is 4. The van der Waals surface area contributed by atoms with Crippen molar-refractivity contribution >= 4 is 23.0 Å². The summed E-state index contributed by atoms with van der Waals surface area (Å²) in [5.74, 6) is -0.0226. The van der Waals surface area contributed by atoms with Gasteiger partial charge in [-0.15, -0.1) is 0 Å². The van der Waals surface area contributed by atoms with Crippen LogP contribution in [-0.4, -0.2) is 5.91 Å². The molecule has 0 bridgehead atoms. The maximum absolute atomic E-state index is 11.8. The van der Waals surface area contributed by atoms with Gasteiger partial charge in [0, 0.05) is 11.6 Å². The van der Waals surface area contributed by atoms with Gasteiger partial charge in [0.15, 0.2) is 0 Å². The molecule has 0 spiro atoms. The fraction of sp³-hybridized carbons (Fsp3) is 0.235. The molecule has 0 aliphatic rings. The maximum atomic E-state index is 11.8. The van der Waals surface area contributed by atoms with Gasteiger partial charge in [-0.3, -0.25) is 4.79 Å². The normalized spacial score (nSPS) is 10.4. The Morgan fingerprint density at radius 2 is 1.55 bits per heavy atom. The minimum absolute atomic E-state index is 0.0168. The van der Waals surface area contributed by atoms with E-state index in [1.807, 2.05) is 50.2 Å². The van der Waals surface area contributed by atoms with Crippen molar-refractivity contribution < 1.29 is 4.79 Å². The largest absolute Gasteiger partial charge is 0.354 e. The highest BCUT2D eigenvalue weighted by Crippen LogP contribution is 2.25. The first-order valence-electron chi connectivity index (χ1n) is 6.80. The molecule has 2 rings (SSSR count). The lowest BCUT2D eigenvalue weighted by Gasteiger charge is -2.14. The molecule has 20 heavy (non-hydrogen) atoms. The summed E-state index contributed by atoms with van der Waals surface area (Å²) < 4.78 is 0. The van der Waals surface area contributed by atoms with Gasteiger partial charge in [0.25, 0.3) is 0 Å². The van der Waals surface area contributed by atoms with E-state index >= 15 is 0 Å². The second kappa shape index (κ2) is 6.24. The summed E-state index contributed by atoms with van der Waals surface area (Å²) in [6.45, 7) is 5.82. The van der Waals surface area contributed by atoms with E-state index in [1.54, 1.807) is 0 Å². The molecule has 0 unspecified atom stereocenters. The average molecular weight is 268 g/mol. The zero-order chi connectivity index (χ0) is 14.5. The Morgan fingerprint density at radius 1 is 0.950 bits per heavy atom. The molecule has 0 aliphatic heterocycles. The molecule has 3 nitrogen and oxygen atoms in total. The number of carbonyl (C=O) groups is 1. The van der Waals surface area contributed by atoms with Crippen molar-refractivity contribution in [2.75, 3.05) is 10.6 Å².